The number of halogens is 1. The molecule has 3 fully saturated rings. The van der Waals surface area contributed by atoms with Crippen molar-refractivity contribution >= 4 is 39.7 Å². The number of aromatic nitrogens is 1. The third-order valence-electron chi connectivity index (χ3n) is 4.89. The largest absolute Gasteiger partial charge is 0.303 e. The fraction of sp³-hybridized carbons (Fsp3) is 0.500. The Labute approximate surface area is 134 Å². The number of hydrogen-bond donors (Lipinski definition) is 0. The SMILES string of the molecule is Cl.O=C(C[C@H]1CN2CCC1CC2)c1ccc2ncsc2c1. The number of ketones is 1. The third kappa shape index (κ3) is 2.85. The molecule has 1 aromatic heterocycles. The molecule has 0 radical (unpaired) electrons. The quantitative estimate of drug-likeness (QED) is 0.809. The lowest BCUT2D eigenvalue weighted by molar-refractivity contribution is 0.0441. The number of fused-ring (bicyclic) bond motifs is 4. The molecule has 2 bridgehead atoms. The molecule has 1 aromatic carbocycles. The zero-order valence-corrected chi connectivity index (χ0v) is 13.5. The lowest BCUT2D eigenvalue weighted by Gasteiger charge is -2.44. The molecule has 112 valence electrons. The molecular weight excluding hydrogens is 304 g/mol. The van der Waals surface area contributed by atoms with Gasteiger partial charge in [0.1, 0.15) is 0 Å². The lowest BCUT2D eigenvalue weighted by Crippen LogP contribution is -2.47. The highest BCUT2D eigenvalue weighted by atomic mass is 35.5. The van der Waals surface area contributed by atoms with Crippen LogP contribution in [0.1, 0.15) is 29.6 Å². The molecule has 5 rings (SSSR count). The van der Waals surface area contributed by atoms with Gasteiger partial charge < -0.3 is 4.90 Å². The molecule has 5 heteroatoms. The van der Waals surface area contributed by atoms with Gasteiger partial charge >= 0.3 is 0 Å². The molecule has 0 spiro atoms. The first kappa shape index (κ1) is 14.9. The van der Waals surface area contributed by atoms with Crippen molar-refractivity contribution in [3.8, 4) is 0 Å². The van der Waals surface area contributed by atoms with Crippen LogP contribution in [0.15, 0.2) is 23.7 Å². The van der Waals surface area contributed by atoms with E-state index in [0.29, 0.717) is 18.1 Å². The molecule has 4 heterocycles. The summed E-state index contributed by atoms with van der Waals surface area (Å²) in [7, 11) is 0. The van der Waals surface area contributed by atoms with Gasteiger partial charge in [0.15, 0.2) is 5.78 Å². The predicted octanol–water partition coefficient (Wildman–Crippen LogP) is 3.63. The van der Waals surface area contributed by atoms with Crippen LogP contribution in [0.25, 0.3) is 10.2 Å². The summed E-state index contributed by atoms with van der Waals surface area (Å²) in [5, 5.41) is 0. The second-order valence-corrected chi connectivity index (χ2v) is 6.95. The summed E-state index contributed by atoms with van der Waals surface area (Å²) in [4.78, 5) is 19.3. The Bertz CT molecular complexity index is 649. The first-order valence-electron chi connectivity index (χ1n) is 7.38. The van der Waals surface area contributed by atoms with Crippen molar-refractivity contribution in [2.24, 2.45) is 11.8 Å². The smallest absolute Gasteiger partial charge is 0.163 e. The van der Waals surface area contributed by atoms with E-state index in [2.05, 4.69) is 9.88 Å². The number of piperidine rings is 3. The van der Waals surface area contributed by atoms with E-state index in [1.807, 2.05) is 23.7 Å². The maximum Gasteiger partial charge on any atom is 0.163 e. The van der Waals surface area contributed by atoms with E-state index in [-0.39, 0.29) is 12.4 Å². The second-order valence-electron chi connectivity index (χ2n) is 6.06. The number of benzene rings is 1. The van der Waals surface area contributed by atoms with Gasteiger partial charge in [0.25, 0.3) is 0 Å². The normalized spacial score (nSPS) is 27.5. The van der Waals surface area contributed by atoms with E-state index in [1.54, 1.807) is 11.3 Å². The summed E-state index contributed by atoms with van der Waals surface area (Å²) in [6, 6.07) is 5.91. The number of carbonyl (C=O) groups excluding carboxylic acids is 1. The zero-order chi connectivity index (χ0) is 13.5. The average Bonchev–Trinajstić information content (AvgIpc) is 2.96. The highest BCUT2D eigenvalue weighted by Gasteiger charge is 2.35. The second kappa shape index (κ2) is 6.03. The lowest BCUT2D eigenvalue weighted by atomic mass is 9.76. The molecule has 0 unspecified atom stereocenters. The molecule has 0 N–H and O–H groups in total. The van der Waals surface area contributed by atoms with Gasteiger partial charge in [-0.25, -0.2) is 4.98 Å². The Morgan fingerprint density at radius 1 is 1.33 bits per heavy atom. The Morgan fingerprint density at radius 3 is 2.86 bits per heavy atom. The van der Waals surface area contributed by atoms with Crippen LogP contribution in [0.4, 0.5) is 0 Å². The van der Waals surface area contributed by atoms with Gasteiger partial charge in [0.05, 0.1) is 15.7 Å². The van der Waals surface area contributed by atoms with Gasteiger partial charge in [-0.1, -0.05) is 0 Å². The number of carbonyl (C=O) groups is 1. The van der Waals surface area contributed by atoms with Crippen molar-refractivity contribution in [3.63, 3.8) is 0 Å². The van der Waals surface area contributed by atoms with Gasteiger partial charge in [0.2, 0.25) is 0 Å². The number of hydrogen-bond acceptors (Lipinski definition) is 4. The van der Waals surface area contributed by atoms with Gasteiger partial charge in [-0.05, 0) is 56.0 Å². The van der Waals surface area contributed by atoms with Crippen LogP contribution in [-0.2, 0) is 0 Å². The van der Waals surface area contributed by atoms with E-state index >= 15 is 0 Å². The summed E-state index contributed by atoms with van der Waals surface area (Å²) in [6.45, 7) is 3.60. The fourth-order valence-electron chi connectivity index (χ4n) is 3.70. The molecule has 21 heavy (non-hydrogen) atoms. The minimum atomic E-state index is 0. The first-order chi connectivity index (χ1) is 9.79. The van der Waals surface area contributed by atoms with Crippen LogP contribution in [0.2, 0.25) is 0 Å². The van der Waals surface area contributed by atoms with Crippen LogP contribution in [0.3, 0.4) is 0 Å². The van der Waals surface area contributed by atoms with Gasteiger partial charge in [0, 0.05) is 18.5 Å². The van der Waals surface area contributed by atoms with Crippen LogP contribution >= 0.6 is 23.7 Å². The van der Waals surface area contributed by atoms with Crippen molar-refractivity contribution < 1.29 is 4.79 Å². The molecule has 3 aliphatic rings. The Hall–Kier alpha value is -0.970. The molecule has 3 saturated heterocycles. The van der Waals surface area contributed by atoms with Crippen molar-refractivity contribution in [3.05, 3.63) is 29.3 Å². The molecule has 3 aliphatic heterocycles. The highest BCUT2D eigenvalue weighted by molar-refractivity contribution is 7.16. The molecule has 2 aromatic rings. The average molecular weight is 323 g/mol. The van der Waals surface area contributed by atoms with Crippen LogP contribution < -0.4 is 0 Å². The van der Waals surface area contributed by atoms with E-state index in [4.69, 9.17) is 0 Å². The van der Waals surface area contributed by atoms with Crippen molar-refractivity contribution in [2.45, 2.75) is 19.3 Å². The monoisotopic (exact) mass is 322 g/mol. The Balaban J connectivity index is 0.00000132. The summed E-state index contributed by atoms with van der Waals surface area (Å²) in [5.74, 6) is 1.65. The van der Waals surface area contributed by atoms with Gasteiger partial charge in [-0.15, -0.1) is 23.7 Å². The number of nitrogens with zero attached hydrogens (tertiary/aromatic N) is 2. The maximum absolute atomic E-state index is 12.5. The highest BCUT2D eigenvalue weighted by Crippen LogP contribution is 2.35. The minimum Gasteiger partial charge on any atom is -0.303 e. The van der Waals surface area contributed by atoms with Crippen molar-refractivity contribution in [1.29, 1.82) is 0 Å². The molecular formula is C16H19ClN2OS. The van der Waals surface area contributed by atoms with E-state index in [1.165, 1.54) is 25.9 Å². The number of rotatable bonds is 3. The maximum atomic E-state index is 12.5. The minimum absolute atomic E-state index is 0. The fourth-order valence-corrected chi connectivity index (χ4v) is 4.42. The molecule has 0 amide bonds. The standard InChI is InChI=1S/C16H18N2OS.ClH/c19-15(7-13-9-18-5-3-11(13)4-6-18)12-1-2-14-16(8-12)20-10-17-14;/h1-2,8,10-11,13H,3-7,9H2;1H/t13-;/m0./s1. The summed E-state index contributed by atoms with van der Waals surface area (Å²) in [5.41, 5.74) is 3.69. The van der Waals surface area contributed by atoms with Gasteiger partial charge in [-0.3, -0.25) is 4.79 Å². The molecule has 3 nitrogen and oxygen atoms in total. The summed E-state index contributed by atoms with van der Waals surface area (Å²) >= 11 is 1.61. The zero-order valence-electron chi connectivity index (χ0n) is 11.8. The van der Waals surface area contributed by atoms with Gasteiger partial charge in [-0.2, -0.15) is 0 Å². The predicted molar refractivity (Wildman–Crippen MR) is 88.5 cm³/mol. The van der Waals surface area contributed by atoms with Crippen LogP contribution in [-0.4, -0.2) is 35.3 Å². The van der Waals surface area contributed by atoms with E-state index in [9.17, 15) is 4.79 Å². The van der Waals surface area contributed by atoms with Crippen molar-refractivity contribution in [1.82, 2.24) is 9.88 Å². The van der Waals surface area contributed by atoms with Crippen LogP contribution in [0.5, 0.6) is 0 Å². The number of thiazole rings is 1. The summed E-state index contributed by atoms with van der Waals surface area (Å²) in [6.07, 6.45) is 3.28. The first-order valence-corrected chi connectivity index (χ1v) is 8.26. The Kier molecular flexibility index (Phi) is 4.29. The Morgan fingerprint density at radius 2 is 2.14 bits per heavy atom. The van der Waals surface area contributed by atoms with E-state index < -0.39 is 0 Å². The third-order valence-corrected chi connectivity index (χ3v) is 5.68. The van der Waals surface area contributed by atoms with Crippen LogP contribution in [0, 0.1) is 11.8 Å². The molecule has 0 saturated carbocycles. The summed E-state index contributed by atoms with van der Waals surface area (Å²) < 4.78 is 1.12. The van der Waals surface area contributed by atoms with Crippen molar-refractivity contribution in [2.75, 3.05) is 19.6 Å². The molecule has 1 atom stereocenters. The topological polar surface area (TPSA) is 33.2 Å². The van der Waals surface area contributed by atoms with E-state index in [0.717, 1.165) is 28.2 Å². The molecule has 0 aliphatic carbocycles. The number of Topliss-reactive ketones (excluding diaryl/α,β-unsaturated/α-hetero) is 1.